The second-order valence-electron chi connectivity index (χ2n) is 4.77. The molecule has 2 aromatic rings. The lowest BCUT2D eigenvalue weighted by Crippen LogP contribution is -2.02. The third-order valence-corrected chi connectivity index (χ3v) is 4.04. The van der Waals surface area contributed by atoms with E-state index in [0.29, 0.717) is 26.4 Å². The van der Waals surface area contributed by atoms with Crippen LogP contribution < -0.4 is 4.74 Å². The van der Waals surface area contributed by atoms with E-state index in [9.17, 15) is 0 Å². The normalized spacial score (nSPS) is 11.0. The van der Waals surface area contributed by atoms with Crippen LogP contribution in [0.5, 0.6) is 5.75 Å². The van der Waals surface area contributed by atoms with Crippen molar-refractivity contribution in [2.75, 3.05) is 14.1 Å². The number of rotatable bonds is 5. The summed E-state index contributed by atoms with van der Waals surface area (Å²) in [5.41, 5.74) is 1.66. The number of hydrazone groups is 1. The molecule has 0 fully saturated rings. The highest BCUT2D eigenvalue weighted by molar-refractivity contribution is 6.44. The first-order chi connectivity index (χ1) is 10.5. The highest BCUT2D eigenvalue weighted by Crippen LogP contribution is 2.32. The summed E-state index contributed by atoms with van der Waals surface area (Å²) in [6.07, 6.45) is 1.77. The molecule has 2 rings (SSSR count). The van der Waals surface area contributed by atoms with Gasteiger partial charge < -0.3 is 9.75 Å². The average Bonchev–Trinajstić information content (AvgIpc) is 2.50. The topological polar surface area (TPSA) is 24.8 Å². The number of hydrogen-bond donors (Lipinski definition) is 0. The first-order valence-electron chi connectivity index (χ1n) is 6.54. The van der Waals surface area contributed by atoms with Gasteiger partial charge in [-0.05, 0) is 42.0 Å². The summed E-state index contributed by atoms with van der Waals surface area (Å²) < 4.78 is 5.71. The van der Waals surface area contributed by atoms with E-state index in [-0.39, 0.29) is 6.61 Å². The standard InChI is InChI=1S/C16H15Cl3N2O/c1-21(2)20-9-11-3-5-12(6-4-11)22-10-13-14(17)7-8-15(18)16(13)19/h3-9H,10H2,1-2H3/b20-9+. The zero-order valence-electron chi connectivity index (χ0n) is 12.2. The Labute approximate surface area is 145 Å². The van der Waals surface area contributed by atoms with E-state index in [2.05, 4.69) is 5.10 Å². The summed E-state index contributed by atoms with van der Waals surface area (Å²) in [6, 6.07) is 10.9. The van der Waals surface area contributed by atoms with E-state index in [0.717, 1.165) is 5.56 Å². The molecular weight excluding hydrogens is 343 g/mol. The van der Waals surface area contributed by atoms with Crippen molar-refractivity contribution in [2.45, 2.75) is 6.61 Å². The number of halogens is 3. The molecule has 0 heterocycles. The number of nitrogens with zero attached hydrogens (tertiary/aromatic N) is 2. The fourth-order valence-electron chi connectivity index (χ4n) is 1.69. The van der Waals surface area contributed by atoms with E-state index < -0.39 is 0 Å². The molecule has 22 heavy (non-hydrogen) atoms. The van der Waals surface area contributed by atoms with E-state index in [4.69, 9.17) is 39.5 Å². The maximum absolute atomic E-state index is 6.14. The molecule has 0 bridgehead atoms. The van der Waals surface area contributed by atoms with E-state index in [1.807, 2.05) is 38.4 Å². The van der Waals surface area contributed by atoms with Crippen molar-refractivity contribution < 1.29 is 4.74 Å². The minimum absolute atomic E-state index is 0.253. The summed E-state index contributed by atoms with van der Waals surface area (Å²) in [5, 5.41) is 7.31. The lowest BCUT2D eigenvalue weighted by Gasteiger charge is -2.10. The molecule has 0 radical (unpaired) electrons. The molecule has 0 aliphatic heterocycles. The van der Waals surface area contributed by atoms with Gasteiger partial charge in [-0.1, -0.05) is 34.8 Å². The summed E-state index contributed by atoms with van der Waals surface area (Å²) in [5.74, 6) is 0.717. The molecule has 0 atom stereocenters. The van der Waals surface area contributed by atoms with Gasteiger partial charge in [-0.2, -0.15) is 5.10 Å². The third-order valence-electron chi connectivity index (χ3n) is 2.84. The van der Waals surface area contributed by atoms with E-state index in [1.165, 1.54) is 0 Å². The van der Waals surface area contributed by atoms with Gasteiger partial charge >= 0.3 is 0 Å². The number of benzene rings is 2. The Bertz CT molecular complexity index is 670. The predicted molar refractivity (Wildman–Crippen MR) is 93.5 cm³/mol. The van der Waals surface area contributed by atoms with Crippen LogP contribution in [0.15, 0.2) is 41.5 Å². The van der Waals surface area contributed by atoms with Gasteiger partial charge in [0.25, 0.3) is 0 Å². The lowest BCUT2D eigenvalue weighted by atomic mass is 10.2. The first-order valence-corrected chi connectivity index (χ1v) is 7.67. The van der Waals surface area contributed by atoms with Crippen molar-refractivity contribution in [3.8, 4) is 5.75 Å². The molecule has 0 spiro atoms. The summed E-state index contributed by atoms with van der Waals surface area (Å²) in [6.45, 7) is 0.253. The second kappa shape index (κ2) is 7.73. The minimum atomic E-state index is 0.253. The number of hydrogen-bond acceptors (Lipinski definition) is 3. The largest absolute Gasteiger partial charge is 0.489 e. The molecule has 2 aromatic carbocycles. The summed E-state index contributed by atoms with van der Waals surface area (Å²) >= 11 is 18.2. The van der Waals surface area contributed by atoms with Crippen molar-refractivity contribution in [3.05, 3.63) is 62.6 Å². The molecule has 0 saturated carbocycles. The molecule has 3 nitrogen and oxygen atoms in total. The van der Waals surface area contributed by atoms with Gasteiger partial charge in [-0.3, -0.25) is 0 Å². The van der Waals surface area contributed by atoms with Crippen LogP contribution in [0.2, 0.25) is 15.1 Å². The number of ether oxygens (including phenoxy) is 1. The van der Waals surface area contributed by atoms with Crippen LogP contribution in [-0.4, -0.2) is 25.3 Å². The van der Waals surface area contributed by atoms with Crippen LogP contribution >= 0.6 is 34.8 Å². The lowest BCUT2D eigenvalue weighted by molar-refractivity contribution is 0.306. The maximum Gasteiger partial charge on any atom is 0.119 e. The Hall–Kier alpha value is -1.42. The Morgan fingerprint density at radius 3 is 2.27 bits per heavy atom. The van der Waals surface area contributed by atoms with Crippen LogP contribution in [0, 0.1) is 0 Å². The van der Waals surface area contributed by atoms with Crippen LogP contribution in [0.4, 0.5) is 0 Å². The van der Waals surface area contributed by atoms with Crippen molar-refractivity contribution in [1.29, 1.82) is 0 Å². The quantitative estimate of drug-likeness (QED) is 0.421. The van der Waals surface area contributed by atoms with Gasteiger partial charge in [0.1, 0.15) is 12.4 Å². The third kappa shape index (κ3) is 4.54. The van der Waals surface area contributed by atoms with Crippen LogP contribution in [-0.2, 0) is 6.61 Å². The minimum Gasteiger partial charge on any atom is -0.489 e. The highest BCUT2D eigenvalue weighted by atomic mass is 35.5. The molecule has 0 N–H and O–H groups in total. The van der Waals surface area contributed by atoms with Gasteiger partial charge in [0.05, 0.1) is 16.3 Å². The molecule has 0 unspecified atom stereocenters. The Balaban J connectivity index is 2.05. The molecule has 0 saturated heterocycles. The van der Waals surface area contributed by atoms with Gasteiger partial charge in [0.15, 0.2) is 0 Å². The van der Waals surface area contributed by atoms with Gasteiger partial charge in [0.2, 0.25) is 0 Å². The Morgan fingerprint density at radius 1 is 1.00 bits per heavy atom. The Kier molecular flexibility index (Phi) is 5.95. The van der Waals surface area contributed by atoms with Crippen LogP contribution in [0.25, 0.3) is 0 Å². The van der Waals surface area contributed by atoms with Gasteiger partial charge in [-0.15, -0.1) is 0 Å². The molecule has 0 aromatic heterocycles. The van der Waals surface area contributed by atoms with Gasteiger partial charge in [-0.25, -0.2) is 0 Å². The van der Waals surface area contributed by atoms with Crippen molar-refractivity contribution in [1.82, 2.24) is 5.01 Å². The molecule has 116 valence electrons. The zero-order valence-corrected chi connectivity index (χ0v) is 14.5. The first kappa shape index (κ1) is 16.9. The molecule has 0 aliphatic rings. The molecular formula is C16H15Cl3N2O. The molecule has 0 amide bonds. The van der Waals surface area contributed by atoms with Crippen molar-refractivity contribution in [2.24, 2.45) is 5.10 Å². The van der Waals surface area contributed by atoms with E-state index >= 15 is 0 Å². The summed E-state index contributed by atoms with van der Waals surface area (Å²) in [4.78, 5) is 0. The smallest absolute Gasteiger partial charge is 0.119 e. The fraction of sp³-hybridized carbons (Fsp3) is 0.188. The predicted octanol–water partition coefficient (Wildman–Crippen LogP) is 5.12. The maximum atomic E-state index is 6.14. The van der Waals surface area contributed by atoms with Crippen molar-refractivity contribution >= 4 is 41.0 Å². The van der Waals surface area contributed by atoms with E-state index in [1.54, 1.807) is 23.4 Å². The fourth-order valence-corrected chi connectivity index (χ4v) is 2.35. The SMILES string of the molecule is CN(C)/N=C/c1ccc(OCc2c(Cl)ccc(Cl)c2Cl)cc1. The zero-order chi connectivity index (χ0) is 16.1. The van der Waals surface area contributed by atoms with Gasteiger partial charge in [0, 0.05) is 24.7 Å². The average molecular weight is 358 g/mol. The molecule has 0 aliphatic carbocycles. The summed E-state index contributed by atoms with van der Waals surface area (Å²) in [7, 11) is 3.74. The molecule has 6 heteroatoms. The monoisotopic (exact) mass is 356 g/mol. The van der Waals surface area contributed by atoms with Crippen molar-refractivity contribution in [3.63, 3.8) is 0 Å². The van der Waals surface area contributed by atoms with Crippen LogP contribution in [0.1, 0.15) is 11.1 Å². The second-order valence-corrected chi connectivity index (χ2v) is 5.96. The Morgan fingerprint density at radius 2 is 1.64 bits per heavy atom. The van der Waals surface area contributed by atoms with Crippen LogP contribution in [0.3, 0.4) is 0 Å². The highest BCUT2D eigenvalue weighted by Gasteiger charge is 2.10.